The van der Waals surface area contributed by atoms with Crippen LogP contribution < -0.4 is 4.74 Å². The fraction of sp³-hybridized carbons (Fsp3) is 0.450. The Labute approximate surface area is 147 Å². The van der Waals surface area contributed by atoms with E-state index in [-0.39, 0.29) is 18.5 Å². The third-order valence-corrected chi connectivity index (χ3v) is 4.20. The number of hydrogen-bond donors (Lipinski definition) is 0. The molecule has 0 bridgehead atoms. The van der Waals surface area contributed by atoms with Crippen LogP contribution in [-0.4, -0.2) is 29.2 Å². The van der Waals surface area contributed by atoms with Crippen molar-refractivity contribution in [3.05, 3.63) is 41.7 Å². The molecule has 1 aliphatic heterocycles. The van der Waals surface area contributed by atoms with Crippen LogP contribution in [-0.2, 0) is 11.3 Å². The van der Waals surface area contributed by atoms with Crippen LogP contribution in [0.5, 0.6) is 5.75 Å². The summed E-state index contributed by atoms with van der Waals surface area (Å²) in [5.41, 5.74) is 0.0849. The summed E-state index contributed by atoms with van der Waals surface area (Å²) >= 11 is 0. The zero-order valence-corrected chi connectivity index (χ0v) is 15.1. The summed E-state index contributed by atoms with van der Waals surface area (Å²) in [6, 6.07) is 8.73. The van der Waals surface area contributed by atoms with Crippen LogP contribution in [0.3, 0.4) is 0 Å². The van der Waals surface area contributed by atoms with Gasteiger partial charge in [-0.3, -0.25) is 0 Å². The van der Waals surface area contributed by atoms with Gasteiger partial charge in [-0.15, -0.1) is 0 Å². The van der Waals surface area contributed by atoms with Gasteiger partial charge in [-0.05, 0) is 33.3 Å². The van der Waals surface area contributed by atoms with Crippen LogP contribution >= 0.6 is 0 Å². The minimum atomic E-state index is -0.580. The molecule has 1 aliphatic rings. The molecule has 0 aliphatic carbocycles. The maximum absolute atomic E-state index is 14.5. The Morgan fingerprint density at radius 2 is 2.00 bits per heavy atom. The fourth-order valence-electron chi connectivity index (χ4n) is 3.01. The van der Waals surface area contributed by atoms with Gasteiger partial charge in [0.1, 0.15) is 23.3 Å². The standard InChI is InChI=1S/C20H24FNO3/c1-5-14-12-22(19(23)25-20(2,3)4)11-13-10-17(21)15-8-6-7-9-16(15)18(13)24-14/h6-10,14H,5,11-12H2,1-4H3/t14-/m1/s1. The van der Waals surface area contributed by atoms with Crippen LogP contribution in [0.15, 0.2) is 30.3 Å². The Hall–Kier alpha value is -2.30. The van der Waals surface area contributed by atoms with Crippen LogP contribution in [0, 0.1) is 5.82 Å². The summed E-state index contributed by atoms with van der Waals surface area (Å²) in [5.74, 6) is 0.354. The quantitative estimate of drug-likeness (QED) is 0.739. The molecular formula is C20H24FNO3. The van der Waals surface area contributed by atoms with Crippen LogP contribution in [0.1, 0.15) is 39.7 Å². The third kappa shape index (κ3) is 3.70. The molecule has 0 saturated carbocycles. The van der Waals surface area contributed by atoms with Crippen molar-refractivity contribution in [2.75, 3.05) is 6.54 Å². The van der Waals surface area contributed by atoms with Crippen molar-refractivity contribution in [1.82, 2.24) is 4.90 Å². The molecule has 0 aromatic heterocycles. The van der Waals surface area contributed by atoms with Crippen molar-refractivity contribution in [1.29, 1.82) is 0 Å². The highest BCUT2D eigenvalue weighted by Gasteiger charge is 2.30. The van der Waals surface area contributed by atoms with Crippen molar-refractivity contribution in [3.63, 3.8) is 0 Å². The second-order valence-electron chi connectivity index (χ2n) is 7.40. The molecule has 1 atom stereocenters. The molecule has 0 spiro atoms. The number of nitrogens with zero attached hydrogens (tertiary/aromatic N) is 1. The first kappa shape index (κ1) is 17.5. The lowest BCUT2D eigenvalue weighted by molar-refractivity contribution is 0.0177. The highest BCUT2D eigenvalue weighted by atomic mass is 19.1. The van der Waals surface area contributed by atoms with E-state index in [4.69, 9.17) is 9.47 Å². The van der Waals surface area contributed by atoms with E-state index in [9.17, 15) is 9.18 Å². The van der Waals surface area contributed by atoms with Gasteiger partial charge in [0, 0.05) is 16.3 Å². The number of hydrogen-bond acceptors (Lipinski definition) is 3. The monoisotopic (exact) mass is 345 g/mol. The predicted octanol–water partition coefficient (Wildman–Crippen LogP) is 4.89. The lowest BCUT2D eigenvalue weighted by atomic mass is 10.0. The van der Waals surface area contributed by atoms with Crippen molar-refractivity contribution >= 4 is 16.9 Å². The topological polar surface area (TPSA) is 38.8 Å². The van der Waals surface area contributed by atoms with Gasteiger partial charge in [0.15, 0.2) is 0 Å². The van der Waals surface area contributed by atoms with Crippen molar-refractivity contribution < 1.29 is 18.7 Å². The number of carbonyl (C=O) groups excluding carboxylic acids is 1. The molecule has 0 saturated heterocycles. The summed E-state index contributed by atoms with van der Waals surface area (Å²) in [4.78, 5) is 14.1. The highest BCUT2D eigenvalue weighted by molar-refractivity contribution is 5.90. The number of halogens is 1. The minimum absolute atomic E-state index is 0.164. The molecule has 4 nitrogen and oxygen atoms in total. The molecule has 3 rings (SSSR count). The van der Waals surface area contributed by atoms with E-state index in [2.05, 4.69) is 0 Å². The Balaban J connectivity index is 2.03. The molecule has 134 valence electrons. The molecule has 0 N–H and O–H groups in total. The molecule has 5 heteroatoms. The van der Waals surface area contributed by atoms with E-state index in [1.54, 1.807) is 17.0 Å². The van der Waals surface area contributed by atoms with Crippen LogP contribution in [0.4, 0.5) is 9.18 Å². The number of fused-ring (bicyclic) bond motifs is 3. The maximum atomic E-state index is 14.5. The zero-order valence-electron chi connectivity index (χ0n) is 15.1. The summed E-state index contributed by atoms with van der Waals surface area (Å²) in [7, 11) is 0. The van der Waals surface area contributed by atoms with Crippen LogP contribution in [0.25, 0.3) is 10.8 Å². The largest absolute Gasteiger partial charge is 0.488 e. The average Bonchev–Trinajstić information content (AvgIpc) is 2.73. The molecule has 2 aromatic carbocycles. The molecule has 25 heavy (non-hydrogen) atoms. The van der Waals surface area contributed by atoms with Gasteiger partial charge >= 0.3 is 6.09 Å². The molecule has 1 amide bonds. The third-order valence-electron chi connectivity index (χ3n) is 4.20. The van der Waals surface area contributed by atoms with Crippen molar-refractivity contribution in [2.24, 2.45) is 0 Å². The van der Waals surface area contributed by atoms with Gasteiger partial charge < -0.3 is 14.4 Å². The summed E-state index contributed by atoms with van der Waals surface area (Å²) in [6.45, 7) is 8.18. The average molecular weight is 345 g/mol. The molecule has 2 aromatic rings. The number of ether oxygens (including phenoxy) is 2. The van der Waals surface area contributed by atoms with Crippen LogP contribution in [0.2, 0.25) is 0 Å². The lowest BCUT2D eigenvalue weighted by Crippen LogP contribution is -2.40. The van der Waals surface area contributed by atoms with E-state index in [0.717, 1.165) is 11.8 Å². The first-order valence-corrected chi connectivity index (χ1v) is 8.63. The SMILES string of the molecule is CC[C@@H]1CN(C(=O)OC(C)(C)C)Cc2cc(F)c3ccccc3c2O1. The van der Waals surface area contributed by atoms with Gasteiger partial charge in [0.25, 0.3) is 0 Å². The zero-order chi connectivity index (χ0) is 18.2. The highest BCUT2D eigenvalue weighted by Crippen LogP contribution is 2.36. The van der Waals surface area contributed by atoms with E-state index in [1.807, 2.05) is 39.8 Å². The number of benzene rings is 2. The Morgan fingerprint density at radius 3 is 2.64 bits per heavy atom. The van der Waals surface area contributed by atoms with E-state index >= 15 is 0 Å². The first-order valence-electron chi connectivity index (χ1n) is 8.63. The normalized spacial score (nSPS) is 17.6. The molecule has 0 radical (unpaired) electrons. The lowest BCUT2D eigenvalue weighted by Gasteiger charge is -2.27. The van der Waals surface area contributed by atoms with E-state index in [1.165, 1.54) is 6.07 Å². The van der Waals surface area contributed by atoms with Gasteiger partial charge in [0.05, 0.1) is 13.1 Å². The Bertz CT molecular complexity index is 797. The molecular weight excluding hydrogens is 321 g/mol. The second kappa shape index (κ2) is 6.54. The fourth-order valence-corrected chi connectivity index (χ4v) is 3.01. The Morgan fingerprint density at radius 1 is 1.32 bits per heavy atom. The smallest absolute Gasteiger partial charge is 0.410 e. The summed E-state index contributed by atoms with van der Waals surface area (Å²) in [6.07, 6.45) is 0.170. The minimum Gasteiger partial charge on any atom is -0.488 e. The van der Waals surface area contributed by atoms with Gasteiger partial charge in [-0.2, -0.15) is 0 Å². The predicted molar refractivity (Wildman–Crippen MR) is 95.3 cm³/mol. The number of rotatable bonds is 1. The van der Waals surface area contributed by atoms with E-state index < -0.39 is 11.7 Å². The molecule has 0 fully saturated rings. The Kier molecular flexibility index (Phi) is 4.58. The van der Waals surface area contributed by atoms with Gasteiger partial charge in [0.2, 0.25) is 0 Å². The summed E-state index contributed by atoms with van der Waals surface area (Å²) < 4.78 is 26.2. The number of amides is 1. The summed E-state index contributed by atoms with van der Waals surface area (Å²) in [5, 5.41) is 1.27. The van der Waals surface area contributed by atoms with Crippen molar-refractivity contribution in [3.8, 4) is 5.75 Å². The van der Waals surface area contributed by atoms with E-state index in [0.29, 0.717) is 23.2 Å². The van der Waals surface area contributed by atoms with Crippen molar-refractivity contribution in [2.45, 2.75) is 52.4 Å². The molecule has 0 unspecified atom stereocenters. The van der Waals surface area contributed by atoms with Gasteiger partial charge in [-0.25, -0.2) is 9.18 Å². The first-order chi connectivity index (χ1) is 11.8. The molecule has 1 heterocycles. The second-order valence-corrected chi connectivity index (χ2v) is 7.40. The van der Waals surface area contributed by atoms with Gasteiger partial charge in [-0.1, -0.05) is 31.2 Å². The maximum Gasteiger partial charge on any atom is 0.410 e. The number of carbonyl (C=O) groups is 1.